The van der Waals surface area contributed by atoms with Crippen LogP contribution in [0.4, 0.5) is 5.82 Å². The number of hydrogen-bond acceptors (Lipinski definition) is 4. The quantitative estimate of drug-likeness (QED) is 0.852. The van der Waals surface area contributed by atoms with E-state index in [0.29, 0.717) is 5.92 Å². The maximum atomic E-state index is 11.0. The average molecular weight is 263 g/mol. The number of carboxylic acid groups (broad SMARTS) is 1. The number of rotatable bonds is 2. The van der Waals surface area contributed by atoms with Crippen molar-refractivity contribution >= 4 is 11.8 Å². The Balaban J connectivity index is 1.95. The molecule has 0 aliphatic carbocycles. The van der Waals surface area contributed by atoms with Gasteiger partial charge in [0.2, 0.25) is 0 Å². The maximum absolute atomic E-state index is 11.0. The van der Waals surface area contributed by atoms with Gasteiger partial charge in [-0.1, -0.05) is 0 Å². The van der Waals surface area contributed by atoms with Gasteiger partial charge in [-0.25, -0.2) is 9.48 Å². The molecule has 102 valence electrons. The first-order valence-electron chi connectivity index (χ1n) is 6.51. The first kappa shape index (κ1) is 12.2. The molecule has 3 heterocycles. The number of aromatic carboxylic acids is 1. The molecule has 6 heteroatoms. The fourth-order valence-corrected chi connectivity index (χ4v) is 2.78. The van der Waals surface area contributed by atoms with Crippen LogP contribution in [0.25, 0.3) is 0 Å². The molecule has 2 aliphatic rings. The lowest BCUT2D eigenvalue weighted by molar-refractivity contribution is 0.0532. The summed E-state index contributed by atoms with van der Waals surface area (Å²) in [4.78, 5) is 11.0. The number of nitrogens with one attached hydrogen (secondary N) is 1. The van der Waals surface area contributed by atoms with E-state index in [9.17, 15) is 4.79 Å². The van der Waals surface area contributed by atoms with Crippen molar-refractivity contribution in [1.82, 2.24) is 9.78 Å². The van der Waals surface area contributed by atoms with Gasteiger partial charge < -0.3 is 15.2 Å². The smallest absolute Gasteiger partial charge is 0.356 e. The second-order valence-corrected chi connectivity index (χ2v) is 5.08. The summed E-state index contributed by atoms with van der Waals surface area (Å²) in [5.74, 6) is 0.215. The predicted octanol–water partition coefficient (Wildman–Crippen LogP) is 1.88. The van der Waals surface area contributed by atoms with Gasteiger partial charge in [0.1, 0.15) is 5.82 Å². The van der Waals surface area contributed by atoms with Crippen LogP contribution in [-0.4, -0.2) is 34.1 Å². The van der Waals surface area contributed by atoms with Gasteiger partial charge in [-0.05, 0) is 31.8 Å². The maximum Gasteiger partial charge on any atom is 0.356 e. The molecule has 6 nitrogen and oxygen atoms in total. The predicted molar refractivity (Wildman–Crippen MR) is 69.1 cm³/mol. The Hall–Kier alpha value is -1.82. The molecule has 1 fully saturated rings. The molecule has 2 N–H and O–H groups in total. The molecule has 1 aromatic heterocycles. The monoisotopic (exact) mass is 263 g/mol. The molecule has 1 atom stereocenters. The Bertz CT molecular complexity index is 529. The average Bonchev–Trinajstić information content (AvgIpc) is 2.82. The van der Waals surface area contributed by atoms with Crippen LogP contribution in [0.15, 0.2) is 17.8 Å². The first-order valence-corrected chi connectivity index (χ1v) is 6.51. The second kappa shape index (κ2) is 4.70. The van der Waals surface area contributed by atoms with Crippen molar-refractivity contribution in [2.75, 3.05) is 18.5 Å². The fourth-order valence-electron chi connectivity index (χ4n) is 2.78. The van der Waals surface area contributed by atoms with Crippen molar-refractivity contribution < 1.29 is 14.6 Å². The zero-order valence-corrected chi connectivity index (χ0v) is 10.8. The normalized spacial score (nSPS) is 23.4. The Morgan fingerprint density at radius 1 is 1.53 bits per heavy atom. The molecular weight excluding hydrogens is 246 g/mol. The van der Waals surface area contributed by atoms with Crippen LogP contribution < -0.4 is 5.32 Å². The Morgan fingerprint density at radius 2 is 2.26 bits per heavy atom. The highest BCUT2D eigenvalue weighted by Gasteiger charge is 2.30. The van der Waals surface area contributed by atoms with Crippen LogP contribution in [0.1, 0.15) is 36.3 Å². The van der Waals surface area contributed by atoms with Crippen LogP contribution >= 0.6 is 0 Å². The van der Waals surface area contributed by atoms with Gasteiger partial charge >= 0.3 is 5.97 Å². The minimum absolute atomic E-state index is 0.0858. The molecule has 0 spiro atoms. The molecular formula is C13H17N3O3. The fraction of sp³-hybridized carbons (Fsp3) is 0.538. The van der Waals surface area contributed by atoms with Crippen LogP contribution in [0.2, 0.25) is 0 Å². The number of carbonyl (C=O) groups is 1. The summed E-state index contributed by atoms with van der Waals surface area (Å²) in [6.45, 7) is 3.52. The standard InChI is InChI=1S/C13H17N3O3/c1-8-6-11(9-2-4-19-5-3-9)16-12(14-8)7-10(15-16)13(17)18/h6-7,9,11,14H,2-5H2,1H3,(H,17,18). The van der Waals surface area contributed by atoms with Gasteiger partial charge in [0.25, 0.3) is 0 Å². The summed E-state index contributed by atoms with van der Waals surface area (Å²) in [5, 5.41) is 16.4. The zero-order valence-electron chi connectivity index (χ0n) is 10.8. The van der Waals surface area contributed by atoms with Crippen molar-refractivity contribution in [3.05, 3.63) is 23.5 Å². The lowest BCUT2D eigenvalue weighted by Gasteiger charge is -2.32. The third-order valence-corrected chi connectivity index (χ3v) is 3.73. The number of nitrogens with zero attached hydrogens (tertiary/aromatic N) is 2. The lowest BCUT2D eigenvalue weighted by atomic mass is 9.90. The number of hydrogen-bond donors (Lipinski definition) is 2. The van der Waals surface area contributed by atoms with Gasteiger partial charge in [-0.3, -0.25) is 0 Å². The molecule has 0 aromatic carbocycles. The summed E-state index contributed by atoms with van der Waals surface area (Å²) in [6, 6.07) is 1.71. The van der Waals surface area contributed by atoms with E-state index in [4.69, 9.17) is 9.84 Å². The van der Waals surface area contributed by atoms with Gasteiger partial charge in [-0.2, -0.15) is 5.10 Å². The van der Waals surface area contributed by atoms with Crippen LogP contribution in [-0.2, 0) is 4.74 Å². The van der Waals surface area contributed by atoms with Gasteiger partial charge in [0.05, 0.1) is 6.04 Å². The Kier molecular flexibility index (Phi) is 3.02. The van der Waals surface area contributed by atoms with Crippen LogP contribution in [0.5, 0.6) is 0 Å². The molecule has 0 bridgehead atoms. The second-order valence-electron chi connectivity index (χ2n) is 5.08. The highest BCUT2D eigenvalue weighted by Crippen LogP contribution is 2.35. The molecule has 1 saturated heterocycles. The van der Waals surface area contributed by atoms with E-state index in [0.717, 1.165) is 37.6 Å². The van der Waals surface area contributed by atoms with Gasteiger partial charge in [0, 0.05) is 25.0 Å². The third kappa shape index (κ3) is 2.23. The Morgan fingerprint density at radius 3 is 2.95 bits per heavy atom. The summed E-state index contributed by atoms with van der Waals surface area (Å²) >= 11 is 0. The van der Waals surface area contributed by atoms with Crippen molar-refractivity contribution in [2.45, 2.75) is 25.8 Å². The topological polar surface area (TPSA) is 76.4 Å². The Labute approximate surface area is 111 Å². The number of allylic oxidation sites excluding steroid dienone is 2. The molecule has 1 aromatic rings. The first-order chi connectivity index (χ1) is 9.15. The van der Waals surface area contributed by atoms with E-state index >= 15 is 0 Å². The van der Waals surface area contributed by atoms with Crippen molar-refractivity contribution in [2.24, 2.45) is 5.92 Å². The zero-order chi connectivity index (χ0) is 13.4. The molecule has 1 unspecified atom stereocenters. The number of carboxylic acids is 1. The van der Waals surface area contributed by atoms with Gasteiger partial charge in [0.15, 0.2) is 5.69 Å². The number of anilines is 1. The van der Waals surface area contributed by atoms with E-state index in [1.54, 1.807) is 10.7 Å². The SMILES string of the molecule is CC1=CC(C2CCOCC2)n2nc(C(=O)O)cc2N1. The van der Waals surface area contributed by atoms with Crippen molar-refractivity contribution in [3.63, 3.8) is 0 Å². The molecule has 0 saturated carbocycles. The summed E-state index contributed by atoms with van der Waals surface area (Å²) < 4.78 is 7.19. The number of fused-ring (bicyclic) bond motifs is 1. The summed E-state index contributed by atoms with van der Waals surface area (Å²) in [7, 11) is 0. The molecule has 0 radical (unpaired) electrons. The summed E-state index contributed by atoms with van der Waals surface area (Å²) in [6.07, 6.45) is 4.09. The van der Waals surface area contributed by atoms with Crippen LogP contribution in [0.3, 0.4) is 0 Å². The summed E-state index contributed by atoms with van der Waals surface area (Å²) in [5.41, 5.74) is 1.13. The van der Waals surface area contributed by atoms with E-state index in [1.165, 1.54) is 0 Å². The van der Waals surface area contributed by atoms with Crippen LogP contribution in [0, 0.1) is 5.92 Å². The number of ether oxygens (including phenoxy) is 1. The van der Waals surface area contributed by atoms with Crippen molar-refractivity contribution in [3.8, 4) is 0 Å². The van der Waals surface area contributed by atoms with E-state index in [1.807, 2.05) is 6.92 Å². The van der Waals surface area contributed by atoms with Crippen molar-refractivity contribution in [1.29, 1.82) is 0 Å². The largest absolute Gasteiger partial charge is 0.476 e. The highest BCUT2D eigenvalue weighted by molar-refractivity contribution is 5.86. The highest BCUT2D eigenvalue weighted by atomic mass is 16.5. The molecule has 2 aliphatic heterocycles. The van der Waals surface area contributed by atoms with E-state index < -0.39 is 5.97 Å². The van der Waals surface area contributed by atoms with E-state index in [2.05, 4.69) is 16.5 Å². The number of aromatic nitrogens is 2. The molecule has 0 amide bonds. The third-order valence-electron chi connectivity index (χ3n) is 3.73. The molecule has 19 heavy (non-hydrogen) atoms. The van der Waals surface area contributed by atoms with E-state index in [-0.39, 0.29) is 11.7 Å². The minimum atomic E-state index is -0.993. The minimum Gasteiger partial charge on any atom is -0.476 e. The lowest BCUT2D eigenvalue weighted by Crippen LogP contribution is -2.29. The van der Waals surface area contributed by atoms with Gasteiger partial charge in [-0.15, -0.1) is 0 Å². The molecule has 3 rings (SSSR count).